The Bertz CT molecular complexity index is 360. The highest BCUT2D eigenvalue weighted by atomic mass is 79.9. The van der Waals surface area contributed by atoms with Gasteiger partial charge in [0.2, 0.25) is 0 Å². The van der Waals surface area contributed by atoms with Crippen molar-refractivity contribution in [2.24, 2.45) is 0 Å². The fourth-order valence-corrected chi connectivity index (χ4v) is 1.47. The standard InChI is InChI=1S/C8H6BrN.C6H14O.CH3Cl/c1-6-2-3-8(9)4-7(6)5-10;1-3-5-7-6-4-2;1-2/h2-4H,1H3;3-6H2,1-2H3;1H3. The molecule has 1 aromatic rings. The van der Waals surface area contributed by atoms with Gasteiger partial charge in [-0.15, -0.1) is 11.6 Å². The Hall–Kier alpha value is -0.560. The Morgan fingerprint density at radius 1 is 1.21 bits per heavy atom. The summed E-state index contributed by atoms with van der Waals surface area (Å²) >= 11 is 7.92. The lowest BCUT2D eigenvalue weighted by atomic mass is 10.1. The quantitative estimate of drug-likeness (QED) is 0.546. The number of nitriles is 1. The van der Waals surface area contributed by atoms with Gasteiger partial charge < -0.3 is 4.74 Å². The van der Waals surface area contributed by atoms with Crippen molar-refractivity contribution >= 4 is 27.5 Å². The number of rotatable bonds is 4. The normalized spacial score (nSPS) is 8.47. The largest absolute Gasteiger partial charge is 0.381 e. The molecule has 0 radical (unpaired) electrons. The predicted molar refractivity (Wildman–Crippen MR) is 86.8 cm³/mol. The molecule has 0 aliphatic rings. The van der Waals surface area contributed by atoms with E-state index in [9.17, 15) is 0 Å². The van der Waals surface area contributed by atoms with E-state index in [2.05, 4.69) is 47.4 Å². The van der Waals surface area contributed by atoms with Crippen molar-refractivity contribution in [2.75, 3.05) is 19.6 Å². The van der Waals surface area contributed by atoms with E-state index in [0.29, 0.717) is 0 Å². The van der Waals surface area contributed by atoms with Gasteiger partial charge in [0.15, 0.2) is 0 Å². The third-order valence-electron chi connectivity index (χ3n) is 2.02. The van der Waals surface area contributed by atoms with Gasteiger partial charge in [0, 0.05) is 24.1 Å². The van der Waals surface area contributed by atoms with E-state index in [1.54, 1.807) is 0 Å². The smallest absolute Gasteiger partial charge is 0.0994 e. The lowest BCUT2D eigenvalue weighted by Gasteiger charge is -1.95. The van der Waals surface area contributed by atoms with Crippen LogP contribution >= 0.6 is 27.5 Å². The van der Waals surface area contributed by atoms with E-state index in [4.69, 9.17) is 10.00 Å². The van der Waals surface area contributed by atoms with Crippen molar-refractivity contribution in [1.82, 2.24) is 0 Å². The number of hydrogen-bond acceptors (Lipinski definition) is 2. The van der Waals surface area contributed by atoms with Crippen molar-refractivity contribution in [3.05, 3.63) is 33.8 Å². The van der Waals surface area contributed by atoms with Crippen LogP contribution in [0.2, 0.25) is 0 Å². The second-order valence-corrected chi connectivity index (χ2v) is 4.60. The second-order valence-electron chi connectivity index (χ2n) is 3.68. The van der Waals surface area contributed by atoms with Gasteiger partial charge in [0.1, 0.15) is 0 Å². The molecule has 1 rings (SSSR count). The first-order valence-corrected chi connectivity index (χ1v) is 7.82. The molecule has 0 spiro atoms. The Labute approximate surface area is 130 Å². The summed E-state index contributed by atoms with van der Waals surface area (Å²) in [7, 11) is 0. The van der Waals surface area contributed by atoms with E-state index in [1.165, 1.54) is 6.38 Å². The van der Waals surface area contributed by atoms with E-state index >= 15 is 0 Å². The van der Waals surface area contributed by atoms with Crippen LogP contribution in [0.4, 0.5) is 0 Å². The Kier molecular flexibility index (Phi) is 16.9. The summed E-state index contributed by atoms with van der Waals surface area (Å²) in [5, 5.41) is 8.57. The maximum Gasteiger partial charge on any atom is 0.0994 e. The highest BCUT2D eigenvalue weighted by Crippen LogP contribution is 2.14. The number of hydrogen-bond donors (Lipinski definition) is 0. The molecule has 0 amide bonds. The van der Waals surface area contributed by atoms with Gasteiger partial charge in [-0.3, -0.25) is 0 Å². The van der Waals surface area contributed by atoms with Gasteiger partial charge in [-0.2, -0.15) is 5.26 Å². The Morgan fingerprint density at radius 3 is 2.11 bits per heavy atom. The molecule has 0 heterocycles. The Balaban J connectivity index is 0. The minimum absolute atomic E-state index is 0.731. The molecule has 0 saturated carbocycles. The minimum atomic E-state index is 0.731. The minimum Gasteiger partial charge on any atom is -0.381 e. The van der Waals surface area contributed by atoms with Gasteiger partial charge >= 0.3 is 0 Å². The van der Waals surface area contributed by atoms with E-state index in [-0.39, 0.29) is 0 Å². The average Bonchev–Trinajstić information content (AvgIpc) is 2.45. The molecule has 0 bridgehead atoms. The summed E-state index contributed by atoms with van der Waals surface area (Å²) < 4.78 is 6.09. The first-order valence-electron chi connectivity index (χ1n) is 6.27. The average molecular weight is 349 g/mol. The number of halogens is 2. The fraction of sp³-hybridized carbons (Fsp3) is 0.533. The first kappa shape index (κ1) is 20.8. The number of aryl methyl sites for hydroxylation is 1. The zero-order valence-corrected chi connectivity index (χ0v) is 14.5. The molecule has 0 atom stereocenters. The SMILES string of the molecule is CCCOCCC.CCl.Cc1ccc(Br)cc1C#N. The fourth-order valence-electron chi connectivity index (χ4n) is 1.11. The highest BCUT2D eigenvalue weighted by Gasteiger charge is 1.95. The molecular formula is C15H23BrClNO. The van der Waals surface area contributed by atoms with E-state index in [1.807, 2.05) is 25.1 Å². The zero-order chi connectivity index (χ0) is 15.1. The summed E-state index contributed by atoms with van der Waals surface area (Å²) in [4.78, 5) is 0. The monoisotopic (exact) mass is 347 g/mol. The Morgan fingerprint density at radius 2 is 1.74 bits per heavy atom. The summed E-state index contributed by atoms with van der Waals surface area (Å²) in [6.07, 6.45) is 3.75. The molecule has 108 valence electrons. The molecule has 1 aromatic carbocycles. The van der Waals surface area contributed by atoms with Crippen LogP contribution in [0.15, 0.2) is 22.7 Å². The lowest BCUT2D eigenvalue weighted by molar-refractivity contribution is 0.135. The molecular weight excluding hydrogens is 326 g/mol. The third kappa shape index (κ3) is 12.2. The molecule has 0 aliphatic heterocycles. The summed E-state index contributed by atoms with van der Waals surface area (Å²) in [5.74, 6) is 0. The number of ether oxygens (including phenoxy) is 1. The maximum atomic E-state index is 8.57. The van der Waals surface area contributed by atoms with Crippen LogP contribution in [0.1, 0.15) is 37.8 Å². The van der Waals surface area contributed by atoms with Crippen LogP contribution in [-0.2, 0) is 4.74 Å². The van der Waals surface area contributed by atoms with Crippen LogP contribution < -0.4 is 0 Å². The van der Waals surface area contributed by atoms with E-state index < -0.39 is 0 Å². The molecule has 0 fully saturated rings. The number of alkyl halides is 1. The molecule has 0 aliphatic carbocycles. The first-order chi connectivity index (χ1) is 9.15. The van der Waals surface area contributed by atoms with Gasteiger partial charge in [-0.1, -0.05) is 35.8 Å². The second kappa shape index (κ2) is 15.5. The van der Waals surface area contributed by atoms with Crippen molar-refractivity contribution in [3.8, 4) is 6.07 Å². The summed E-state index contributed by atoms with van der Waals surface area (Å²) in [6, 6.07) is 7.77. The molecule has 0 aromatic heterocycles. The summed E-state index contributed by atoms with van der Waals surface area (Å²) in [6.45, 7) is 8.01. The van der Waals surface area contributed by atoms with Crippen LogP contribution in [-0.4, -0.2) is 19.6 Å². The van der Waals surface area contributed by atoms with Crippen LogP contribution in [0.3, 0.4) is 0 Å². The van der Waals surface area contributed by atoms with Crippen LogP contribution in [0.5, 0.6) is 0 Å². The van der Waals surface area contributed by atoms with Crippen molar-refractivity contribution in [1.29, 1.82) is 5.26 Å². The summed E-state index contributed by atoms with van der Waals surface area (Å²) in [5.41, 5.74) is 1.75. The molecule has 4 heteroatoms. The van der Waals surface area contributed by atoms with Crippen molar-refractivity contribution in [2.45, 2.75) is 33.6 Å². The van der Waals surface area contributed by atoms with Crippen LogP contribution in [0, 0.1) is 18.3 Å². The van der Waals surface area contributed by atoms with Gasteiger partial charge in [0.25, 0.3) is 0 Å². The van der Waals surface area contributed by atoms with Gasteiger partial charge in [-0.25, -0.2) is 0 Å². The molecule has 0 saturated heterocycles. The van der Waals surface area contributed by atoms with Gasteiger partial charge in [-0.05, 0) is 37.5 Å². The molecule has 0 unspecified atom stereocenters. The zero-order valence-electron chi connectivity index (χ0n) is 12.2. The van der Waals surface area contributed by atoms with Crippen molar-refractivity contribution < 1.29 is 4.74 Å². The number of nitrogens with zero attached hydrogens (tertiary/aromatic N) is 1. The number of benzene rings is 1. The van der Waals surface area contributed by atoms with Crippen molar-refractivity contribution in [3.63, 3.8) is 0 Å². The molecule has 0 N–H and O–H groups in total. The molecule has 19 heavy (non-hydrogen) atoms. The highest BCUT2D eigenvalue weighted by molar-refractivity contribution is 9.10. The van der Waals surface area contributed by atoms with Gasteiger partial charge in [0.05, 0.1) is 11.6 Å². The van der Waals surface area contributed by atoms with E-state index in [0.717, 1.165) is 41.7 Å². The van der Waals surface area contributed by atoms with Crippen LogP contribution in [0.25, 0.3) is 0 Å². The lowest BCUT2D eigenvalue weighted by Crippen LogP contribution is -1.92. The molecule has 2 nitrogen and oxygen atoms in total. The predicted octanol–water partition coefficient (Wildman–Crippen LogP) is 5.31. The topological polar surface area (TPSA) is 33.0 Å². The third-order valence-corrected chi connectivity index (χ3v) is 2.51. The maximum absolute atomic E-state index is 8.57.